The van der Waals surface area contributed by atoms with Gasteiger partial charge in [0, 0.05) is 50.3 Å². The largest absolute Gasteiger partial charge is 0.492 e. The number of fused-ring (bicyclic) bond motifs is 1. The molecule has 1 aromatic carbocycles. The van der Waals surface area contributed by atoms with Gasteiger partial charge in [-0.15, -0.1) is 0 Å². The minimum absolute atomic E-state index is 0.493. The molecule has 0 radical (unpaired) electrons. The average molecular weight is 508 g/mol. The molecule has 0 amide bonds. The Balaban J connectivity index is 1.44. The van der Waals surface area contributed by atoms with Crippen molar-refractivity contribution in [3.63, 3.8) is 0 Å². The Kier molecular flexibility index (Phi) is 6.15. The number of benzene rings is 1. The molecule has 170 valence electrons. The van der Waals surface area contributed by atoms with E-state index in [1.165, 1.54) is 5.69 Å². The highest BCUT2D eigenvalue weighted by Gasteiger charge is 2.17. The molecule has 0 aliphatic carbocycles. The minimum atomic E-state index is 0.493. The van der Waals surface area contributed by atoms with Crippen LogP contribution in [-0.2, 0) is 0 Å². The Bertz CT molecular complexity index is 1270. The lowest BCUT2D eigenvalue weighted by Crippen LogP contribution is -2.44. The van der Waals surface area contributed by atoms with Crippen molar-refractivity contribution in [1.82, 2.24) is 24.3 Å². The highest BCUT2D eigenvalue weighted by molar-refractivity contribution is 9.10. The predicted octanol–water partition coefficient (Wildman–Crippen LogP) is 4.45. The molecule has 1 aliphatic rings. The van der Waals surface area contributed by atoms with Gasteiger partial charge in [0.15, 0.2) is 0 Å². The maximum absolute atomic E-state index is 5.97. The van der Waals surface area contributed by atoms with Crippen molar-refractivity contribution in [2.75, 3.05) is 50.1 Å². The van der Waals surface area contributed by atoms with Crippen LogP contribution in [0.4, 0.5) is 17.3 Å². The number of imidazole rings is 1. The van der Waals surface area contributed by atoms with Crippen molar-refractivity contribution in [3.8, 4) is 17.1 Å². The molecule has 0 spiro atoms. The Hall–Kier alpha value is -3.17. The maximum atomic E-state index is 5.97. The summed E-state index contributed by atoms with van der Waals surface area (Å²) in [6.45, 7) is 6.70. The van der Waals surface area contributed by atoms with E-state index in [9.17, 15) is 0 Å². The van der Waals surface area contributed by atoms with Crippen LogP contribution >= 0.6 is 15.9 Å². The molecule has 0 unspecified atom stereocenters. The first-order valence-corrected chi connectivity index (χ1v) is 11.8. The molecule has 0 saturated carbocycles. The molecular formula is C24H26BrN7O. The summed E-state index contributed by atoms with van der Waals surface area (Å²) in [5, 5.41) is 3.35. The first-order valence-electron chi connectivity index (χ1n) is 11.0. The zero-order valence-corrected chi connectivity index (χ0v) is 20.3. The van der Waals surface area contributed by atoms with E-state index < -0.39 is 0 Å². The molecule has 9 heteroatoms. The zero-order chi connectivity index (χ0) is 22.8. The maximum Gasteiger partial charge on any atom is 0.227 e. The van der Waals surface area contributed by atoms with Crippen LogP contribution in [-0.4, -0.2) is 64.1 Å². The number of ether oxygens (including phenoxy) is 1. The van der Waals surface area contributed by atoms with E-state index >= 15 is 0 Å². The number of nitrogens with one attached hydrogen (secondary N) is 1. The highest BCUT2D eigenvalue weighted by atomic mass is 79.9. The van der Waals surface area contributed by atoms with E-state index in [1.54, 1.807) is 6.20 Å². The van der Waals surface area contributed by atoms with Gasteiger partial charge in [-0.05, 0) is 54.2 Å². The smallest absolute Gasteiger partial charge is 0.227 e. The molecular weight excluding hydrogens is 482 g/mol. The standard InChI is InChI=1S/C24H26BrN7O/c1-3-33-21-14-17(31-12-10-30(2)11-13-31)7-8-19(21)28-24-27-15-18(25)23(29-24)20-16-26-22-6-4-5-9-32(20)22/h4-9,14-16H,3,10-13H2,1-2H3,(H,27,28,29). The monoisotopic (exact) mass is 507 g/mol. The van der Waals surface area contributed by atoms with Gasteiger partial charge in [0.25, 0.3) is 0 Å². The molecule has 3 aromatic heterocycles. The lowest BCUT2D eigenvalue weighted by molar-refractivity contribution is 0.312. The number of piperazine rings is 1. The third kappa shape index (κ3) is 4.51. The van der Waals surface area contributed by atoms with Gasteiger partial charge < -0.3 is 19.9 Å². The second-order valence-electron chi connectivity index (χ2n) is 7.99. The number of rotatable bonds is 6. The lowest BCUT2D eigenvalue weighted by atomic mass is 10.2. The van der Waals surface area contributed by atoms with Crippen molar-refractivity contribution < 1.29 is 4.74 Å². The number of pyridine rings is 1. The third-order valence-electron chi connectivity index (χ3n) is 5.78. The van der Waals surface area contributed by atoms with E-state index in [0.717, 1.165) is 59.1 Å². The quantitative estimate of drug-likeness (QED) is 0.413. The summed E-state index contributed by atoms with van der Waals surface area (Å²) < 4.78 is 8.77. The molecule has 1 fully saturated rings. The SMILES string of the molecule is CCOc1cc(N2CCN(C)CC2)ccc1Nc1ncc(Br)c(-c2cnc3ccccn23)n1. The van der Waals surface area contributed by atoms with Crippen molar-refractivity contribution in [1.29, 1.82) is 0 Å². The van der Waals surface area contributed by atoms with Gasteiger partial charge in [0.1, 0.15) is 17.1 Å². The van der Waals surface area contributed by atoms with E-state index in [4.69, 9.17) is 9.72 Å². The highest BCUT2D eigenvalue weighted by Crippen LogP contribution is 2.33. The van der Waals surface area contributed by atoms with Gasteiger partial charge in [-0.3, -0.25) is 4.40 Å². The van der Waals surface area contributed by atoms with Crippen molar-refractivity contribution in [2.45, 2.75) is 6.92 Å². The molecule has 0 atom stereocenters. The van der Waals surface area contributed by atoms with Crippen LogP contribution in [0, 0.1) is 0 Å². The van der Waals surface area contributed by atoms with Crippen LogP contribution in [0.1, 0.15) is 6.92 Å². The van der Waals surface area contributed by atoms with E-state index in [1.807, 2.05) is 48.0 Å². The van der Waals surface area contributed by atoms with Gasteiger partial charge in [-0.1, -0.05) is 6.07 Å². The Morgan fingerprint density at radius 3 is 2.73 bits per heavy atom. The molecule has 5 rings (SSSR count). The summed E-state index contributed by atoms with van der Waals surface area (Å²) >= 11 is 3.59. The fraction of sp³-hybridized carbons (Fsp3) is 0.292. The molecule has 1 aliphatic heterocycles. The normalized spacial score (nSPS) is 14.6. The van der Waals surface area contributed by atoms with Crippen molar-refractivity contribution in [3.05, 3.63) is 59.5 Å². The second kappa shape index (κ2) is 9.36. The van der Waals surface area contributed by atoms with Gasteiger partial charge in [-0.25, -0.2) is 15.0 Å². The van der Waals surface area contributed by atoms with Gasteiger partial charge in [-0.2, -0.15) is 0 Å². The predicted molar refractivity (Wildman–Crippen MR) is 135 cm³/mol. The Morgan fingerprint density at radius 1 is 1.06 bits per heavy atom. The lowest BCUT2D eigenvalue weighted by Gasteiger charge is -2.34. The van der Waals surface area contributed by atoms with Crippen LogP contribution in [0.5, 0.6) is 5.75 Å². The fourth-order valence-corrected chi connectivity index (χ4v) is 4.38. The topological polar surface area (TPSA) is 70.8 Å². The molecule has 33 heavy (non-hydrogen) atoms. The van der Waals surface area contributed by atoms with Crippen LogP contribution in [0.3, 0.4) is 0 Å². The van der Waals surface area contributed by atoms with Crippen molar-refractivity contribution in [2.24, 2.45) is 0 Å². The fourth-order valence-electron chi connectivity index (χ4n) is 3.99. The Labute approximate surface area is 201 Å². The van der Waals surface area contributed by atoms with Gasteiger partial charge >= 0.3 is 0 Å². The number of nitrogens with zero attached hydrogens (tertiary/aromatic N) is 6. The Morgan fingerprint density at radius 2 is 1.91 bits per heavy atom. The van der Waals surface area contributed by atoms with Gasteiger partial charge in [0.05, 0.1) is 28.7 Å². The first kappa shape index (κ1) is 21.7. The van der Waals surface area contributed by atoms with Crippen LogP contribution in [0.15, 0.2) is 59.5 Å². The molecule has 1 N–H and O–H groups in total. The van der Waals surface area contributed by atoms with E-state index in [0.29, 0.717) is 12.6 Å². The number of anilines is 3. The van der Waals surface area contributed by atoms with E-state index in [2.05, 4.69) is 60.2 Å². The summed E-state index contributed by atoms with van der Waals surface area (Å²) in [7, 11) is 2.16. The minimum Gasteiger partial charge on any atom is -0.492 e. The second-order valence-corrected chi connectivity index (χ2v) is 8.85. The van der Waals surface area contributed by atoms with Gasteiger partial charge in [0.2, 0.25) is 5.95 Å². The molecule has 1 saturated heterocycles. The molecule has 8 nitrogen and oxygen atoms in total. The van der Waals surface area contributed by atoms with Crippen LogP contribution in [0.2, 0.25) is 0 Å². The summed E-state index contributed by atoms with van der Waals surface area (Å²) in [6, 6.07) is 12.2. The summed E-state index contributed by atoms with van der Waals surface area (Å²) in [4.78, 5) is 18.5. The van der Waals surface area contributed by atoms with Crippen LogP contribution in [0.25, 0.3) is 17.0 Å². The first-order chi connectivity index (χ1) is 16.1. The number of aromatic nitrogens is 4. The number of likely N-dealkylation sites (N-methyl/N-ethyl adjacent to an activating group) is 1. The summed E-state index contributed by atoms with van der Waals surface area (Å²) in [5.41, 5.74) is 4.52. The summed E-state index contributed by atoms with van der Waals surface area (Å²) in [6.07, 6.45) is 5.55. The number of hydrogen-bond donors (Lipinski definition) is 1. The van der Waals surface area contributed by atoms with Crippen molar-refractivity contribution >= 4 is 38.9 Å². The number of hydrogen-bond acceptors (Lipinski definition) is 7. The average Bonchev–Trinajstić information content (AvgIpc) is 3.26. The molecule has 4 aromatic rings. The zero-order valence-electron chi connectivity index (χ0n) is 18.7. The molecule has 0 bridgehead atoms. The summed E-state index contributed by atoms with van der Waals surface area (Å²) in [5.74, 6) is 1.28. The van der Waals surface area contributed by atoms with Crippen LogP contribution < -0.4 is 15.0 Å². The molecule has 4 heterocycles. The van der Waals surface area contributed by atoms with E-state index in [-0.39, 0.29) is 0 Å². The third-order valence-corrected chi connectivity index (χ3v) is 6.36. The number of halogens is 1.